The molecule has 0 unspecified atom stereocenters. The van der Waals surface area contributed by atoms with Crippen LogP contribution in [0.3, 0.4) is 0 Å². The van der Waals surface area contributed by atoms with Gasteiger partial charge in [0.25, 0.3) is 0 Å². The number of hydrogen-bond acceptors (Lipinski definition) is 3. The molecule has 60 valence electrons. The fourth-order valence-corrected chi connectivity index (χ4v) is 1.22. The number of thiocarbonyl (C=S) groups is 1. The van der Waals surface area contributed by atoms with Crippen molar-refractivity contribution in [2.45, 2.75) is 0 Å². The van der Waals surface area contributed by atoms with Crippen LogP contribution in [-0.2, 0) is 0 Å². The lowest BCUT2D eigenvalue weighted by molar-refractivity contribution is 1.30. The van der Waals surface area contributed by atoms with Gasteiger partial charge in [0, 0.05) is 11.8 Å². The summed E-state index contributed by atoms with van der Waals surface area (Å²) < 4.78 is 0. The van der Waals surface area contributed by atoms with Crippen molar-refractivity contribution in [3.63, 3.8) is 0 Å². The first-order chi connectivity index (χ1) is 5.79. The molecule has 2 aromatic rings. The number of imidazole rings is 1. The normalized spacial score (nSPS) is 10.3. The minimum absolute atomic E-state index is 0.353. The van der Waals surface area contributed by atoms with E-state index in [1.807, 2.05) is 0 Å². The number of nitrogens with two attached hydrogens (primary N) is 1. The zero-order valence-electron chi connectivity index (χ0n) is 6.11. The van der Waals surface area contributed by atoms with Gasteiger partial charge in [0.15, 0.2) is 5.65 Å². The van der Waals surface area contributed by atoms with E-state index in [9.17, 15) is 0 Å². The van der Waals surface area contributed by atoms with Crippen LogP contribution >= 0.6 is 12.2 Å². The maximum Gasteiger partial charge on any atom is 0.178 e. The van der Waals surface area contributed by atoms with Gasteiger partial charge in [0.2, 0.25) is 0 Å². The van der Waals surface area contributed by atoms with Gasteiger partial charge in [-0.05, 0) is 6.07 Å². The Hall–Kier alpha value is -1.49. The van der Waals surface area contributed by atoms with E-state index in [0.29, 0.717) is 10.6 Å². The van der Waals surface area contributed by atoms with Gasteiger partial charge in [-0.1, -0.05) is 12.2 Å². The van der Waals surface area contributed by atoms with Crippen molar-refractivity contribution < 1.29 is 0 Å². The molecule has 0 spiro atoms. The molecule has 2 heterocycles. The van der Waals surface area contributed by atoms with Crippen LogP contribution in [0.25, 0.3) is 11.2 Å². The van der Waals surface area contributed by atoms with E-state index in [0.717, 1.165) is 11.1 Å². The molecule has 0 saturated carbocycles. The van der Waals surface area contributed by atoms with Gasteiger partial charge in [-0.2, -0.15) is 0 Å². The van der Waals surface area contributed by atoms with Gasteiger partial charge in [-0.25, -0.2) is 9.97 Å². The Bertz CT molecular complexity index is 434. The summed E-state index contributed by atoms with van der Waals surface area (Å²) in [5.74, 6) is 0. The van der Waals surface area contributed by atoms with Crippen molar-refractivity contribution in [2.75, 3.05) is 0 Å². The molecular formula is C7H6N4S. The van der Waals surface area contributed by atoms with Crippen molar-refractivity contribution >= 4 is 28.4 Å². The Kier molecular flexibility index (Phi) is 1.51. The Balaban J connectivity index is 2.82. The minimum Gasteiger partial charge on any atom is -0.389 e. The first-order valence-electron chi connectivity index (χ1n) is 3.37. The van der Waals surface area contributed by atoms with Gasteiger partial charge in [-0.3, -0.25) is 0 Å². The number of pyridine rings is 1. The van der Waals surface area contributed by atoms with Gasteiger partial charge in [0.05, 0.1) is 11.8 Å². The highest BCUT2D eigenvalue weighted by atomic mass is 32.1. The SMILES string of the molecule is NC(=S)c1ccnc2nc[nH]c12. The van der Waals surface area contributed by atoms with E-state index < -0.39 is 0 Å². The Morgan fingerprint density at radius 3 is 3.08 bits per heavy atom. The third kappa shape index (κ3) is 0.947. The van der Waals surface area contributed by atoms with Crippen molar-refractivity contribution in [1.29, 1.82) is 0 Å². The lowest BCUT2D eigenvalue weighted by Gasteiger charge is -1.96. The molecule has 0 bridgehead atoms. The van der Waals surface area contributed by atoms with Crippen molar-refractivity contribution in [3.8, 4) is 0 Å². The van der Waals surface area contributed by atoms with Crippen LogP contribution in [0.5, 0.6) is 0 Å². The fraction of sp³-hybridized carbons (Fsp3) is 0. The number of nitrogens with one attached hydrogen (secondary N) is 1. The van der Waals surface area contributed by atoms with Crippen LogP contribution in [0.15, 0.2) is 18.6 Å². The molecule has 0 aliphatic rings. The second-order valence-electron chi connectivity index (χ2n) is 2.32. The molecule has 0 aromatic carbocycles. The van der Waals surface area contributed by atoms with Crippen molar-refractivity contribution in [1.82, 2.24) is 15.0 Å². The third-order valence-electron chi connectivity index (χ3n) is 1.59. The summed E-state index contributed by atoms with van der Waals surface area (Å²) in [5.41, 5.74) is 7.72. The summed E-state index contributed by atoms with van der Waals surface area (Å²) in [6.07, 6.45) is 3.21. The minimum atomic E-state index is 0.353. The Labute approximate surface area is 73.8 Å². The second-order valence-corrected chi connectivity index (χ2v) is 2.76. The molecule has 0 radical (unpaired) electrons. The number of nitrogens with zero attached hydrogens (tertiary/aromatic N) is 2. The molecule has 0 aliphatic carbocycles. The van der Waals surface area contributed by atoms with Crippen molar-refractivity contribution in [3.05, 3.63) is 24.2 Å². The van der Waals surface area contributed by atoms with Gasteiger partial charge < -0.3 is 10.7 Å². The Morgan fingerprint density at radius 1 is 1.50 bits per heavy atom. The molecule has 4 nitrogen and oxygen atoms in total. The lowest BCUT2D eigenvalue weighted by atomic mass is 10.2. The van der Waals surface area contributed by atoms with E-state index >= 15 is 0 Å². The average molecular weight is 178 g/mol. The maximum atomic E-state index is 5.49. The highest BCUT2D eigenvalue weighted by molar-refractivity contribution is 7.80. The lowest BCUT2D eigenvalue weighted by Crippen LogP contribution is -2.10. The monoisotopic (exact) mass is 178 g/mol. The molecule has 0 aliphatic heterocycles. The topological polar surface area (TPSA) is 67.6 Å². The molecule has 2 aromatic heterocycles. The molecule has 0 amide bonds. The number of hydrogen-bond donors (Lipinski definition) is 2. The first kappa shape index (κ1) is 7.17. The zero-order chi connectivity index (χ0) is 8.55. The smallest absolute Gasteiger partial charge is 0.178 e. The molecule has 0 saturated heterocycles. The first-order valence-corrected chi connectivity index (χ1v) is 3.78. The predicted octanol–water partition coefficient (Wildman–Crippen LogP) is 0.592. The molecule has 3 N–H and O–H groups in total. The van der Waals surface area contributed by atoms with Crippen molar-refractivity contribution in [2.24, 2.45) is 5.73 Å². The number of aromatic nitrogens is 3. The number of rotatable bonds is 1. The van der Waals surface area contributed by atoms with Crippen LogP contribution < -0.4 is 5.73 Å². The van der Waals surface area contributed by atoms with Crippen LogP contribution in [-0.4, -0.2) is 19.9 Å². The number of aromatic amines is 1. The van der Waals surface area contributed by atoms with E-state index in [1.165, 1.54) is 0 Å². The molecular weight excluding hydrogens is 172 g/mol. The van der Waals surface area contributed by atoms with E-state index in [-0.39, 0.29) is 0 Å². The zero-order valence-corrected chi connectivity index (χ0v) is 6.93. The van der Waals surface area contributed by atoms with Crippen LogP contribution in [0.2, 0.25) is 0 Å². The maximum absolute atomic E-state index is 5.49. The molecule has 5 heteroatoms. The fourth-order valence-electron chi connectivity index (χ4n) is 1.05. The summed E-state index contributed by atoms with van der Waals surface area (Å²) in [6, 6.07) is 1.77. The molecule has 12 heavy (non-hydrogen) atoms. The second kappa shape index (κ2) is 2.53. The quantitative estimate of drug-likeness (QED) is 0.627. The van der Waals surface area contributed by atoms with E-state index in [1.54, 1.807) is 18.6 Å². The molecule has 2 rings (SSSR count). The standard InChI is InChI=1S/C7H6N4S/c8-6(12)4-1-2-9-7-5(4)10-3-11-7/h1-3H,(H2,8,12)(H,9,10,11). The highest BCUT2D eigenvalue weighted by Gasteiger charge is 2.04. The van der Waals surface area contributed by atoms with E-state index in [4.69, 9.17) is 18.0 Å². The van der Waals surface area contributed by atoms with Crippen LogP contribution in [0.1, 0.15) is 5.56 Å². The van der Waals surface area contributed by atoms with Crippen LogP contribution in [0.4, 0.5) is 0 Å². The summed E-state index contributed by atoms with van der Waals surface area (Å²) in [7, 11) is 0. The highest BCUT2D eigenvalue weighted by Crippen LogP contribution is 2.10. The number of fused-ring (bicyclic) bond motifs is 1. The summed E-state index contributed by atoms with van der Waals surface area (Å²) in [6.45, 7) is 0. The largest absolute Gasteiger partial charge is 0.389 e. The average Bonchev–Trinajstić information content (AvgIpc) is 2.49. The molecule has 0 atom stereocenters. The van der Waals surface area contributed by atoms with E-state index in [2.05, 4.69) is 15.0 Å². The number of H-pyrrole nitrogens is 1. The van der Waals surface area contributed by atoms with Gasteiger partial charge in [-0.15, -0.1) is 0 Å². The molecule has 0 fully saturated rings. The summed E-state index contributed by atoms with van der Waals surface area (Å²) in [4.78, 5) is 11.3. The van der Waals surface area contributed by atoms with Crippen LogP contribution in [0, 0.1) is 0 Å². The summed E-state index contributed by atoms with van der Waals surface area (Å²) in [5, 5.41) is 0. The van der Waals surface area contributed by atoms with Gasteiger partial charge in [0.1, 0.15) is 4.99 Å². The third-order valence-corrected chi connectivity index (χ3v) is 1.81. The summed E-state index contributed by atoms with van der Waals surface area (Å²) >= 11 is 4.86. The predicted molar refractivity (Wildman–Crippen MR) is 49.8 cm³/mol. The Morgan fingerprint density at radius 2 is 2.33 bits per heavy atom. The van der Waals surface area contributed by atoms with Gasteiger partial charge >= 0.3 is 0 Å².